The third kappa shape index (κ3) is 7.04. The monoisotopic (exact) mass is 152 g/mol. The van der Waals surface area contributed by atoms with E-state index < -0.39 is 0 Å². The summed E-state index contributed by atoms with van der Waals surface area (Å²) in [4.78, 5) is 10.9. The number of unbranched alkanes of at least 4 members (excludes halogenated alkanes) is 2. The SMILES string of the molecule is C=C/C=C/C(=O)CCCCC. The molecule has 0 unspecified atom stereocenters. The maximum Gasteiger partial charge on any atom is 0.155 e. The van der Waals surface area contributed by atoms with Gasteiger partial charge in [-0.25, -0.2) is 0 Å². The van der Waals surface area contributed by atoms with Gasteiger partial charge in [0.1, 0.15) is 0 Å². The Balaban J connectivity index is 3.37. The molecule has 0 saturated carbocycles. The smallest absolute Gasteiger partial charge is 0.155 e. The molecule has 1 nitrogen and oxygen atoms in total. The molecular formula is C10H16O. The second kappa shape index (κ2) is 7.26. The van der Waals surface area contributed by atoms with Crippen LogP contribution in [0.25, 0.3) is 0 Å². The van der Waals surface area contributed by atoms with Gasteiger partial charge in [0.05, 0.1) is 0 Å². The molecule has 11 heavy (non-hydrogen) atoms. The summed E-state index contributed by atoms with van der Waals surface area (Å²) in [5.41, 5.74) is 0. The summed E-state index contributed by atoms with van der Waals surface area (Å²) in [7, 11) is 0. The van der Waals surface area contributed by atoms with Crippen LogP contribution >= 0.6 is 0 Å². The number of hydrogen-bond acceptors (Lipinski definition) is 1. The third-order valence-electron chi connectivity index (χ3n) is 1.44. The van der Waals surface area contributed by atoms with Gasteiger partial charge < -0.3 is 0 Å². The van der Waals surface area contributed by atoms with Crippen molar-refractivity contribution in [2.45, 2.75) is 32.6 Å². The Kier molecular flexibility index (Phi) is 6.70. The van der Waals surface area contributed by atoms with E-state index in [0.717, 1.165) is 12.8 Å². The molecule has 0 aliphatic carbocycles. The number of allylic oxidation sites excluding steroid dienone is 3. The van der Waals surface area contributed by atoms with Crippen LogP contribution in [0.2, 0.25) is 0 Å². The molecule has 0 aromatic rings. The van der Waals surface area contributed by atoms with Gasteiger partial charge in [0.15, 0.2) is 5.78 Å². The van der Waals surface area contributed by atoms with Gasteiger partial charge in [-0.15, -0.1) is 0 Å². The first-order valence-electron chi connectivity index (χ1n) is 4.13. The molecule has 0 bridgehead atoms. The Labute approximate surface area is 68.8 Å². The van der Waals surface area contributed by atoms with E-state index in [1.807, 2.05) is 0 Å². The van der Waals surface area contributed by atoms with E-state index in [1.54, 1.807) is 18.2 Å². The molecule has 62 valence electrons. The van der Waals surface area contributed by atoms with Gasteiger partial charge >= 0.3 is 0 Å². The predicted molar refractivity (Wildman–Crippen MR) is 48.5 cm³/mol. The quantitative estimate of drug-likeness (QED) is 0.325. The zero-order valence-corrected chi connectivity index (χ0v) is 7.18. The minimum Gasteiger partial charge on any atom is -0.295 e. The van der Waals surface area contributed by atoms with Crippen molar-refractivity contribution in [3.8, 4) is 0 Å². The van der Waals surface area contributed by atoms with Crippen LogP contribution < -0.4 is 0 Å². The normalized spacial score (nSPS) is 10.3. The number of ketones is 1. The lowest BCUT2D eigenvalue weighted by Crippen LogP contribution is -1.91. The summed E-state index contributed by atoms with van der Waals surface area (Å²) in [5.74, 6) is 0.207. The average molecular weight is 152 g/mol. The summed E-state index contributed by atoms with van der Waals surface area (Å²) in [6, 6.07) is 0. The van der Waals surface area contributed by atoms with E-state index >= 15 is 0 Å². The maximum absolute atomic E-state index is 10.9. The van der Waals surface area contributed by atoms with E-state index in [1.165, 1.54) is 6.42 Å². The molecule has 0 radical (unpaired) electrons. The minimum atomic E-state index is 0.207. The van der Waals surface area contributed by atoms with E-state index in [9.17, 15) is 4.79 Å². The van der Waals surface area contributed by atoms with Crippen molar-refractivity contribution in [3.63, 3.8) is 0 Å². The number of rotatable bonds is 6. The Morgan fingerprint density at radius 1 is 1.45 bits per heavy atom. The maximum atomic E-state index is 10.9. The molecule has 0 atom stereocenters. The number of carbonyl (C=O) groups excluding carboxylic acids is 1. The molecule has 0 saturated heterocycles. The van der Waals surface area contributed by atoms with Gasteiger partial charge in [-0.2, -0.15) is 0 Å². The van der Waals surface area contributed by atoms with Crippen LogP contribution in [0, 0.1) is 0 Å². The molecule has 0 aromatic carbocycles. The largest absolute Gasteiger partial charge is 0.295 e. The molecule has 0 N–H and O–H groups in total. The average Bonchev–Trinajstić information content (AvgIpc) is 2.01. The second-order valence-corrected chi connectivity index (χ2v) is 2.52. The van der Waals surface area contributed by atoms with Gasteiger partial charge in [-0.1, -0.05) is 38.5 Å². The fourth-order valence-corrected chi connectivity index (χ4v) is 0.808. The molecule has 0 spiro atoms. The van der Waals surface area contributed by atoms with Crippen LogP contribution in [-0.4, -0.2) is 5.78 Å². The van der Waals surface area contributed by atoms with E-state index in [4.69, 9.17) is 0 Å². The van der Waals surface area contributed by atoms with Crippen molar-refractivity contribution in [3.05, 3.63) is 24.8 Å². The van der Waals surface area contributed by atoms with Crippen LogP contribution in [0.4, 0.5) is 0 Å². The summed E-state index contributed by atoms with van der Waals surface area (Å²) in [5, 5.41) is 0. The molecule has 0 heterocycles. The molecule has 0 fully saturated rings. The number of hydrogen-bond donors (Lipinski definition) is 0. The molecular weight excluding hydrogens is 136 g/mol. The van der Waals surface area contributed by atoms with Gasteiger partial charge in [-0.05, 0) is 12.5 Å². The predicted octanol–water partition coefficient (Wildman–Crippen LogP) is 2.88. The highest BCUT2D eigenvalue weighted by Crippen LogP contribution is 1.99. The highest BCUT2D eigenvalue weighted by atomic mass is 16.1. The third-order valence-corrected chi connectivity index (χ3v) is 1.44. The number of carbonyl (C=O) groups is 1. The molecule has 1 heteroatoms. The second-order valence-electron chi connectivity index (χ2n) is 2.52. The van der Waals surface area contributed by atoms with Crippen molar-refractivity contribution < 1.29 is 4.79 Å². The molecule has 0 rings (SSSR count). The summed E-state index contributed by atoms with van der Waals surface area (Å²) in [6.45, 7) is 5.62. The van der Waals surface area contributed by atoms with Crippen LogP contribution in [0.5, 0.6) is 0 Å². The van der Waals surface area contributed by atoms with Crippen LogP contribution in [-0.2, 0) is 4.79 Å². The van der Waals surface area contributed by atoms with Crippen molar-refractivity contribution in [2.75, 3.05) is 0 Å². The zero-order chi connectivity index (χ0) is 8.53. The molecule has 0 aliphatic heterocycles. The van der Waals surface area contributed by atoms with Gasteiger partial charge in [0.25, 0.3) is 0 Å². The van der Waals surface area contributed by atoms with Crippen LogP contribution in [0.1, 0.15) is 32.6 Å². The minimum absolute atomic E-state index is 0.207. The van der Waals surface area contributed by atoms with Crippen LogP contribution in [0.3, 0.4) is 0 Å². The van der Waals surface area contributed by atoms with Crippen LogP contribution in [0.15, 0.2) is 24.8 Å². The van der Waals surface area contributed by atoms with E-state index in [-0.39, 0.29) is 5.78 Å². The highest BCUT2D eigenvalue weighted by Gasteiger charge is 1.93. The standard InChI is InChI=1S/C10H16O/c1-3-5-7-9-10(11)8-6-4-2/h4,6,8H,2-3,5,7,9H2,1H3/b8-6+. The summed E-state index contributed by atoms with van der Waals surface area (Å²) < 4.78 is 0. The Bertz CT molecular complexity index is 145. The van der Waals surface area contributed by atoms with E-state index in [0.29, 0.717) is 6.42 Å². The highest BCUT2D eigenvalue weighted by molar-refractivity contribution is 5.89. The first-order chi connectivity index (χ1) is 5.31. The van der Waals surface area contributed by atoms with E-state index in [2.05, 4.69) is 13.5 Å². The first kappa shape index (κ1) is 10.2. The van der Waals surface area contributed by atoms with Gasteiger partial charge in [0.2, 0.25) is 0 Å². The Hall–Kier alpha value is -0.850. The molecule has 0 aliphatic rings. The van der Waals surface area contributed by atoms with Crippen molar-refractivity contribution in [1.82, 2.24) is 0 Å². The fourth-order valence-electron chi connectivity index (χ4n) is 0.808. The summed E-state index contributed by atoms with van der Waals surface area (Å²) >= 11 is 0. The van der Waals surface area contributed by atoms with Crippen molar-refractivity contribution >= 4 is 5.78 Å². The van der Waals surface area contributed by atoms with Gasteiger partial charge in [-0.3, -0.25) is 4.79 Å². The lowest BCUT2D eigenvalue weighted by molar-refractivity contribution is -0.114. The lowest BCUT2D eigenvalue weighted by atomic mass is 10.1. The zero-order valence-electron chi connectivity index (χ0n) is 7.18. The topological polar surface area (TPSA) is 17.1 Å². The van der Waals surface area contributed by atoms with Gasteiger partial charge in [0, 0.05) is 6.42 Å². The fraction of sp³-hybridized carbons (Fsp3) is 0.500. The van der Waals surface area contributed by atoms with Crippen molar-refractivity contribution in [2.24, 2.45) is 0 Å². The molecule has 0 amide bonds. The first-order valence-corrected chi connectivity index (χ1v) is 4.13. The lowest BCUT2D eigenvalue weighted by Gasteiger charge is -1.92. The van der Waals surface area contributed by atoms with Crippen molar-refractivity contribution in [1.29, 1.82) is 0 Å². The Morgan fingerprint density at radius 2 is 2.18 bits per heavy atom. The molecule has 0 aromatic heterocycles. The Morgan fingerprint density at radius 3 is 2.73 bits per heavy atom. The summed E-state index contributed by atoms with van der Waals surface area (Å²) in [6.07, 6.45) is 8.90.